The lowest BCUT2D eigenvalue weighted by Crippen LogP contribution is -2.55. The molecule has 0 unspecified atom stereocenters. The third-order valence-electron chi connectivity index (χ3n) is 27.7. The molecular formula is C112H68B4N8O4S4. The third-order valence-corrected chi connectivity index (χ3v) is 31.8. The molecule has 0 N–H and O–H groups in total. The van der Waals surface area contributed by atoms with Gasteiger partial charge in [-0.25, -0.2) is 0 Å². The Labute approximate surface area is 775 Å². The van der Waals surface area contributed by atoms with E-state index in [4.69, 9.17) is 17.7 Å². The van der Waals surface area contributed by atoms with Gasteiger partial charge in [0.25, 0.3) is 0 Å². The quantitative estimate of drug-likeness (QED) is 0.158. The molecule has 20 heteroatoms. The molecule has 12 nitrogen and oxygen atoms in total. The number of thiophene rings is 4. The number of benzene rings is 16. The van der Waals surface area contributed by atoms with Crippen molar-refractivity contribution in [3.63, 3.8) is 0 Å². The molecular weight excluding hydrogens is 1690 g/mol. The molecule has 0 bridgehead atoms. The number of fused-ring (bicyclic) bond motifs is 44. The Hall–Kier alpha value is -15.8. The van der Waals surface area contributed by atoms with E-state index in [1.807, 2.05) is 69.6 Å². The van der Waals surface area contributed by atoms with Gasteiger partial charge >= 0.3 is 27.9 Å². The Morgan fingerprint density at radius 3 is 0.864 bits per heavy atom. The summed E-state index contributed by atoms with van der Waals surface area (Å²) in [5.41, 5.74) is 33.2. The van der Waals surface area contributed by atoms with Crippen LogP contribution in [0.3, 0.4) is 0 Å². The second kappa shape index (κ2) is 28.8. The molecule has 0 radical (unpaired) electrons. The zero-order valence-corrected chi connectivity index (χ0v) is 73.7. The summed E-state index contributed by atoms with van der Waals surface area (Å²) in [5, 5.41) is 14.3. The van der Waals surface area contributed by atoms with E-state index in [-0.39, 0.29) is 27.9 Å². The van der Waals surface area contributed by atoms with Gasteiger partial charge < -0.3 is 56.2 Å². The van der Waals surface area contributed by atoms with Crippen LogP contribution in [0.5, 0.6) is 0 Å². The zero-order valence-electron chi connectivity index (χ0n) is 70.4. The zero-order chi connectivity index (χ0) is 86.1. The lowest BCUT2D eigenvalue weighted by Gasteiger charge is -2.34. The highest BCUT2D eigenvalue weighted by Crippen LogP contribution is 2.59. The highest BCUT2D eigenvalue weighted by atomic mass is 32.1. The fourth-order valence-corrected chi connectivity index (χ4v) is 26.3. The highest BCUT2D eigenvalue weighted by molar-refractivity contribution is 7.26. The Balaban J connectivity index is 0.0000000862. The molecule has 8 aromatic heterocycles. The maximum absolute atomic E-state index is 6.11. The van der Waals surface area contributed by atoms with Crippen molar-refractivity contribution in [2.24, 2.45) is 0 Å². The predicted molar refractivity (Wildman–Crippen MR) is 558 cm³/mol. The molecule has 8 aliphatic heterocycles. The van der Waals surface area contributed by atoms with Crippen LogP contribution in [0.25, 0.3) is 128 Å². The summed E-state index contributed by atoms with van der Waals surface area (Å²) in [7, 11) is 0. The Kier molecular flexibility index (Phi) is 16.2. The highest BCUT2D eigenvalue weighted by Gasteiger charge is 2.53. The van der Waals surface area contributed by atoms with Crippen molar-refractivity contribution in [2.75, 3.05) is 38.5 Å². The molecule has 0 aliphatic carbocycles. The van der Waals surface area contributed by atoms with Gasteiger partial charge in [0.1, 0.15) is 22.3 Å². The first-order chi connectivity index (χ1) is 65.5. The summed E-state index contributed by atoms with van der Waals surface area (Å²) < 4.78 is 29.5. The molecule has 0 fully saturated rings. The number of anilines is 16. The van der Waals surface area contributed by atoms with Crippen molar-refractivity contribution in [1.29, 1.82) is 0 Å². The summed E-state index contributed by atoms with van der Waals surface area (Å²) >= 11 is 7.39. The second-order valence-corrected chi connectivity index (χ2v) is 38.4. The van der Waals surface area contributed by atoms with Gasteiger partial charge in [-0.05, 0) is 214 Å². The Morgan fingerprint density at radius 2 is 0.477 bits per heavy atom. The van der Waals surface area contributed by atoms with Crippen molar-refractivity contribution in [3.05, 3.63) is 412 Å². The van der Waals surface area contributed by atoms with Crippen molar-refractivity contribution in [1.82, 2.24) is 0 Å². The molecule has 0 spiro atoms. The van der Waals surface area contributed by atoms with E-state index in [1.165, 1.54) is 163 Å². The smallest absolute Gasteiger partial charge is 0.421 e. The lowest BCUT2D eigenvalue weighted by atomic mass is 9.60. The number of hydrogen-bond donors (Lipinski definition) is 0. The normalized spacial score (nSPS) is 13.9. The van der Waals surface area contributed by atoms with Crippen LogP contribution < -0.4 is 60.3 Å². The van der Waals surface area contributed by atoms with E-state index in [0.717, 1.165) is 78.0 Å². The Morgan fingerprint density at radius 1 is 0.197 bits per heavy atom. The van der Waals surface area contributed by atoms with Crippen LogP contribution in [0.4, 0.5) is 91.0 Å². The van der Waals surface area contributed by atoms with Crippen LogP contribution in [-0.4, -0.2) is 27.9 Å². The van der Waals surface area contributed by atoms with E-state index in [1.54, 1.807) is 12.5 Å². The summed E-state index contributed by atoms with van der Waals surface area (Å²) in [6.45, 7) is 0.199. The van der Waals surface area contributed by atoms with Crippen LogP contribution in [0.15, 0.2) is 429 Å². The van der Waals surface area contributed by atoms with E-state index in [2.05, 4.69) is 413 Å². The number of nitrogens with zero attached hydrogens (tertiary/aromatic N) is 8. The van der Waals surface area contributed by atoms with E-state index in [0.29, 0.717) is 0 Å². The van der Waals surface area contributed by atoms with Crippen molar-refractivity contribution in [2.45, 2.75) is 0 Å². The molecule has 24 aromatic rings. The first-order valence-electron chi connectivity index (χ1n) is 44.6. The van der Waals surface area contributed by atoms with E-state index < -0.39 is 0 Å². The number of rotatable bonds is 4. The van der Waals surface area contributed by atoms with Gasteiger partial charge in [0, 0.05) is 107 Å². The van der Waals surface area contributed by atoms with E-state index in [9.17, 15) is 0 Å². The van der Waals surface area contributed by atoms with Gasteiger partial charge in [-0.2, -0.15) is 0 Å². The number of hydrogen-bond acceptors (Lipinski definition) is 16. The summed E-state index contributed by atoms with van der Waals surface area (Å²) in [6, 6.07) is 139. The monoisotopic (exact) mass is 1760 g/mol. The summed E-state index contributed by atoms with van der Waals surface area (Å²) in [5.74, 6) is 1.87. The molecule has 616 valence electrons. The van der Waals surface area contributed by atoms with Gasteiger partial charge in [-0.1, -0.05) is 218 Å². The summed E-state index contributed by atoms with van der Waals surface area (Å²) in [4.78, 5) is 22.5. The molecule has 0 saturated heterocycles. The van der Waals surface area contributed by atoms with Gasteiger partial charge in [-0.3, -0.25) is 0 Å². The van der Waals surface area contributed by atoms with Crippen LogP contribution in [0.2, 0.25) is 0 Å². The maximum Gasteiger partial charge on any atom is 0.421 e. The average molecular weight is 1760 g/mol. The van der Waals surface area contributed by atoms with Gasteiger partial charge in [0.15, 0.2) is 11.5 Å². The van der Waals surface area contributed by atoms with Crippen LogP contribution in [0, 0.1) is 0 Å². The van der Waals surface area contributed by atoms with Crippen LogP contribution in [0.1, 0.15) is 0 Å². The molecule has 0 amide bonds. The average Bonchev–Trinajstić information content (AvgIpc) is 1.55. The topological polar surface area (TPSA) is 78.5 Å². The van der Waals surface area contributed by atoms with Crippen LogP contribution >= 0.6 is 45.3 Å². The number of furan rings is 4. The molecule has 132 heavy (non-hydrogen) atoms. The van der Waals surface area contributed by atoms with Crippen molar-refractivity contribution < 1.29 is 17.7 Å². The molecule has 8 aliphatic rings. The number of para-hydroxylation sites is 10. The second-order valence-electron chi connectivity index (χ2n) is 34.4. The molecule has 0 saturated carbocycles. The standard InChI is InChI=1S/C28H17BN2O2.2C28H17BN2OS.C28H17BN2S2/c1-3-9-22-20(8-1)28-25(15-16-32-28)31-24-11-5-4-10-23(24)30(29(22)31)18-13-14-27-21(17-18)19-7-2-6-12-26(19)33-27;1-3-9-22-20(8-1)28-25(15-16-33-28)31-24-11-5-4-10-23(24)30(29(22)31)18-13-14-27-21(17-18)19-7-2-6-12-26(19)32-27;2*1-3-9-22-20(8-1)28-25(15-16-32-28)31-24-11-5-4-10-23(24)30(29(22)31)18-13-14-27-21(17-18)19-7-2-6-12-26(19)33-27/h4*1-17H. The van der Waals surface area contributed by atoms with Crippen molar-refractivity contribution >= 4 is 270 Å². The molecule has 32 rings (SSSR count). The van der Waals surface area contributed by atoms with Gasteiger partial charge in [-0.15, -0.1) is 45.3 Å². The van der Waals surface area contributed by atoms with E-state index >= 15 is 0 Å². The third kappa shape index (κ3) is 10.8. The molecule has 0 atom stereocenters. The first-order valence-corrected chi connectivity index (χ1v) is 48.0. The van der Waals surface area contributed by atoms with Gasteiger partial charge in [0.2, 0.25) is 0 Å². The lowest BCUT2D eigenvalue weighted by molar-refractivity contribution is 0.582. The fraction of sp³-hybridized carbons (Fsp3) is 0. The predicted octanol–water partition coefficient (Wildman–Crippen LogP) is 29.3. The molecule has 16 heterocycles. The van der Waals surface area contributed by atoms with Gasteiger partial charge in [0.05, 0.1) is 79.2 Å². The maximum atomic E-state index is 6.11. The minimum Gasteiger partial charge on any atom is -0.462 e. The van der Waals surface area contributed by atoms with Crippen molar-refractivity contribution in [3.8, 4) is 43.5 Å². The minimum absolute atomic E-state index is 0.000634. The minimum atomic E-state index is -0.000634. The summed E-state index contributed by atoms with van der Waals surface area (Å²) in [6.07, 6.45) is 3.59. The fourth-order valence-electron chi connectivity index (χ4n) is 22.2. The first kappa shape index (κ1) is 74.1. The Bertz CT molecular complexity index is 7890. The SMILES string of the molecule is c1ccc2c(c1)B1N(c3ccc4oc5ccccc5c4c3)c3ccccc3N1c1ccoc1-2.c1ccc2c(c1)B1N(c3ccc4oc5ccccc5c4c3)c3ccccc3N1c1ccsc1-2.c1ccc2c(c1)B1N(c3ccc4sc5ccccc5c4c3)c3ccccc3N1c1ccoc1-2.c1ccc2c(c1)B1N(c3ccc4sc5ccccc5c4c3)c3ccccc3N1c1ccsc1-2. The van der Waals surface area contributed by atoms with Crippen LogP contribution in [-0.2, 0) is 0 Å². The largest absolute Gasteiger partial charge is 0.462 e. The molecule has 16 aromatic carbocycles.